The van der Waals surface area contributed by atoms with Crippen LogP contribution in [0, 0.1) is 6.92 Å². The molecule has 98 valence electrons. The van der Waals surface area contributed by atoms with E-state index in [2.05, 4.69) is 10.3 Å². The first-order chi connectivity index (χ1) is 8.43. The molecule has 5 nitrogen and oxygen atoms in total. The Kier molecular flexibility index (Phi) is 5.03. The predicted octanol–water partition coefficient (Wildman–Crippen LogP) is 0.914. The number of thiocarbonyl (C=S) groups is 1. The van der Waals surface area contributed by atoms with Gasteiger partial charge in [-0.3, -0.25) is 4.79 Å². The van der Waals surface area contributed by atoms with E-state index >= 15 is 0 Å². The molecule has 0 unspecified atom stereocenters. The number of aromatic nitrogens is 1. The van der Waals surface area contributed by atoms with Crippen molar-refractivity contribution in [3.63, 3.8) is 0 Å². The molecule has 1 heterocycles. The van der Waals surface area contributed by atoms with Crippen LogP contribution >= 0.6 is 12.2 Å². The first-order valence-electron chi connectivity index (χ1n) is 5.70. The van der Waals surface area contributed by atoms with Crippen LogP contribution in [0.1, 0.15) is 18.2 Å². The lowest BCUT2D eigenvalue weighted by atomic mass is 10.2. The molecule has 1 aromatic rings. The lowest BCUT2D eigenvalue weighted by molar-refractivity contribution is -0.127. The molecular formula is C12H18N4OS. The van der Waals surface area contributed by atoms with Crippen molar-refractivity contribution < 1.29 is 4.79 Å². The first-order valence-corrected chi connectivity index (χ1v) is 6.11. The number of carbonyl (C=O) groups is 1. The van der Waals surface area contributed by atoms with Crippen molar-refractivity contribution in [2.75, 3.05) is 25.5 Å². The molecule has 0 atom stereocenters. The number of carbonyl (C=O) groups excluding carboxylic acids is 1. The van der Waals surface area contributed by atoms with Gasteiger partial charge in [-0.1, -0.05) is 12.2 Å². The molecule has 1 rings (SSSR count). The SMILES string of the molecule is CCN(C)C(=O)CNc1cc(C(N)=S)cc(C)n1. The van der Waals surface area contributed by atoms with E-state index in [0.29, 0.717) is 17.4 Å². The molecule has 0 saturated carbocycles. The summed E-state index contributed by atoms with van der Waals surface area (Å²) in [5, 5.41) is 2.98. The highest BCUT2D eigenvalue weighted by Crippen LogP contribution is 2.10. The van der Waals surface area contributed by atoms with E-state index in [-0.39, 0.29) is 12.5 Å². The Balaban J connectivity index is 2.73. The number of nitrogens with zero attached hydrogens (tertiary/aromatic N) is 2. The summed E-state index contributed by atoms with van der Waals surface area (Å²) in [6.45, 7) is 4.66. The average Bonchev–Trinajstić information content (AvgIpc) is 2.34. The van der Waals surface area contributed by atoms with Gasteiger partial charge in [-0.25, -0.2) is 4.98 Å². The first kappa shape index (κ1) is 14.4. The largest absolute Gasteiger partial charge is 0.389 e. The second-order valence-electron chi connectivity index (χ2n) is 4.01. The monoisotopic (exact) mass is 266 g/mol. The number of likely N-dealkylation sites (N-methyl/N-ethyl adjacent to an activating group) is 1. The Morgan fingerprint density at radius 3 is 2.78 bits per heavy atom. The lowest BCUT2D eigenvalue weighted by Crippen LogP contribution is -2.32. The van der Waals surface area contributed by atoms with Gasteiger partial charge < -0.3 is 16.0 Å². The molecule has 0 spiro atoms. The second-order valence-corrected chi connectivity index (χ2v) is 4.45. The van der Waals surface area contributed by atoms with E-state index in [1.54, 1.807) is 18.0 Å². The van der Waals surface area contributed by atoms with Gasteiger partial charge in [0.25, 0.3) is 0 Å². The van der Waals surface area contributed by atoms with Crippen molar-refractivity contribution in [3.05, 3.63) is 23.4 Å². The number of nitrogens with one attached hydrogen (secondary N) is 1. The van der Waals surface area contributed by atoms with Gasteiger partial charge in [0.15, 0.2) is 0 Å². The molecule has 3 N–H and O–H groups in total. The van der Waals surface area contributed by atoms with E-state index < -0.39 is 0 Å². The molecule has 1 amide bonds. The fourth-order valence-corrected chi connectivity index (χ4v) is 1.50. The van der Waals surface area contributed by atoms with Crippen molar-refractivity contribution in [2.45, 2.75) is 13.8 Å². The van der Waals surface area contributed by atoms with Crippen molar-refractivity contribution in [2.24, 2.45) is 5.73 Å². The zero-order valence-electron chi connectivity index (χ0n) is 10.9. The third-order valence-corrected chi connectivity index (χ3v) is 2.79. The minimum atomic E-state index is 0.0117. The quantitative estimate of drug-likeness (QED) is 0.775. The molecule has 0 aliphatic rings. The number of rotatable bonds is 5. The summed E-state index contributed by atoms with van der Waals surface area (Å²) in [5.41, 5.74) is 7.13. The molecule has 0 aliphatic carbocycles. The van der Waals surface area contributed by atoms with Crippen molar-refractivity contribution >= 4 is 28.9 Å². The van der Waals surface area contributed by atoms with Gasteiger partial charge in [0.1, 0.15) is 10.8 Å². The van der Waals surface area contributed by atoms with Gasteiger partial charge >= 0.3 is 0 Å². The summed E-state index contributed by atoms with van der Waals surface area (Å²) < 4.78 is 0. The smallest absolute Gasteiger partial charge is 0.241 e. The Morgan fingerprint density at radius 1 is 1.56 bits per heavy atom. The van der Waals surface area contributed by atoms with Gasteiger partial charge in [0.2, 0.25) is 5.91 Å². The van der Waals surface area contributed by atoms with E-state index in [4.69, 9.17) is 18.0 Å². The van der Waals surface area contributed by atoms with Gasteiger partial charge in [-0.05, 0) is 26.0 Å². The van der Waals surface area contributed by atoms with Crippen LogP contribution in [-0.4, -0.2) is 40.9 Å². The van der Waals surface area contributed by atoms with Crippen LogP contribution in [0.25, 0.3) is 0 Å². The number of anilines is 1. The van der Waals surface area contributed by atoms with Crippen molar-refractivity contribution in [1.82, 2.24) is 9.88 Å². The zero-order valence-corrected chi connectivity index (χ0v) is 11.7. The van der Waals surface area contributed by atoms with E-state index in [1.807, 2.05) is 19.9 Å². The fraction of sp³-hybridized carbons (Fsp3) is 0.417. The summed E-state index contributed by atoms with van der Waals surface area (Å²) in [5.74, 6) is 0.619. The molecule has 0 aromatic carbocycles. The minimum absolute atomic E-state index is 0.0117. The second kappa shape index (κ2) is 6.30. The zero-order chi connectivity index (χ0) is 13.7. The average molecular weight is 266 g/mol. The predicted molar refractivity (Wildman–Crippen MR) is 76.7 cm³/mol. The molecule has 6 heteroatoms. The maximum Gasteiger partial charge on any atom is 0.241 e. The number of hydrogen-bond donors (Lipinski definition) is 2. The Morgan fingerprint density at radius 2 is 2.22 bits per heavy atom. The molecule has 0 fully saturated rings. The number of nitrogens with two attached hydrogens (primary N) is 1. The van der Waals surface area contributed by atoms with Crippen LogP contribution in [0.4, 0.5) is 5.82 Å². The molecule has 18 heavy (non-hydrogen) atoms. The summed E-state index contributed by atoms with van der Waals surface area (Å²) in [6.07, 6.45) is 0. The van der Waals surface area contributed by atoms with Crippen LogP contribution < -0.4 is 11.1 Å². The van der Waals surface area contributed by atoms with E-state index in [9.17, 15) is 4.79 Å². The molecule has 0 aliphatic heterocycles. The van der Waals surface area contributed by atoms with Crippen LogP contribution in [-0.2, 0) is 4.79 Å². The molecular weight excluding hydrogens is 248 g/mol. The maximum atomic E-state index is 11.6. The van der Waals surface area contributed by atoms with Gasteiger partial charge in [-0.2, -0.15) is 0 Å². The summed E-state index contributed by atoms with van der Waals surface area (Å²) in [7, 11) is 1.76. The molecule has 0 radical (unpaired) electrons. The standard InChI is InChI=1S/C12H18N4OS/c1-4-16(3)11(17)7-14-10-6-9(12(13)18)5-8(2)15-10/h5-6H,4,7H2,1-3H3,(H2,13,18)(H,14,15). The topological polar surface area (TPSA) is 71.2 Å². The lowest BCUT2D eigenvalue weighted by Gasteiger charge is -2.15. The number of pyridine rings is 1. The van der Waals surface area contributed by atoms with Crippen molar-refractivity contribution in [3.8, 4) is 0 Å². The molecule has 1 aromatic heterocycles. The summed E-state index contributed by atoms with van der Waals surface area (Å²) >= 11 is 4.92. The highest BCUT2D eigenvalue weighted by Gasteiger charge is 2.07. The molecule has 0 bridgehead atoms. The van der Waals surface area contributed by atoms with Crippen LogP contribution in [0.5, 0.6) is 0 Å². The number of amides is 1. The Bertz CT molecular complexity index is 461. The maximum absolute atomic E-state index is 11.6. The molecule has 0 saturated heterocycles. The van der Waals surface area contributed by atoms with E-state index in [1.165, 1.54) is 0 Å². The summed E-state index contributed by atoms with van der Waals surface area (Å²) in [4.78, 5) is 17.9. The highest BCUT2D eigenvalue weighted by atomic mass is 32.1. The van der Waals surface area contributed by atoms with Gasteiger partial charge in [-0.15, -0.1) is 0 Å². The van der Waals surface area contributed by atoms with Crippen LogP contribution in [0.3, 0.4) is 0 Å². The number of hydrogen-bond acceptors (Lipinski definition) is 4. The van der Waals surface area contributed by atoms with E-state index in [0.717, 1.165) is 11.3 Å². The van der Waals surface area contributed by atoms with Gasteiger partial charge in [0.05, 0.1) is 6.54 Å². The number of aryl methyl sites for hydroxylation is 1. The van der Waals surface area contributed by atoms with Crippen LogP contribution in [0.15, 0.2) is 12.1 Å². The fourth-order valence-electron chi connectivity index (χ4n) is 1.38. The van der Waals surface area contributed by atoms with Gasteiger partial charge in [0, 0.05) is 24.8 Å². The Hall–Kier alpha value is -1.69. The Labute approximate surface area is 112 Å². The minimum Gasteiger partial charge on any atom is -0.389 e. The normalized spacial score (nSPS) is 9.94. The third kappa shape index (κ3) is 3.96. The summed E-state index contributed by atoms with van der Waals surface area (Å²) in [6, 6.07) is 3.56. The third-order valence-electron chi connectivity index (χ3n) is 2.56. The van der Waals surface area contributed by atoms with Crippen LogP contribution in [0.2, 0.25) is 0 Å². The van der Waals surface area contributed by atoms with Crippen molar-refractivity contribution in [1.29, 1.82) is 0 Å². The highest BCUT2D eigenvalue weighted by molar-refractivity contribution is 7.80.